The fourth-order valence-corrected chi connectivity index (χ4v) is 6.05. The number of hydrogen-bond donors (Lipinski definition) is 1. The highest BCUT2D eigenvalue weighted by molar-refractivity contribution is 8.01. The molecule has 1 fully saturated rings. The molecule has 1 amide bonds. The topological polar surface area (TPSA) is 95.5 Å². The molecule has 1 N–H and O–H groups in total. The molecule has 12 heteroatoms. The van der Waals surface area contributed by atoms with Gasteiger partial charge in [-0.1, -0.05) is 47.7 Å². The lowest BCUT2D eigenvalue weighted by Gasteiger charge is -2.33. The van der Waals surface area contributed by atoms with E-state index < -0.39 is 15.9 Å². The van der Waals surface area contributed by atoms with Crippen molar-refractivity contribution in [3.63, 3.8) is 0 Å². The van der Waals surface area contributed by atoms with Crippen LogP contribution in [0, 0.1) is 0 Å². The Bertz CT molecular complexity index is 1020. The van der Waals surface area contributed by atoms with Crippen LogP contribution in [0.15, 0.2) is 40.1 Å². The Kier molecular flexibility index (Phi) is 7.88. The molecule has 0 atom stereocenters. The molecule has 1 aliphatic rings. The van der Waals surface area contributed by atoms with Crippen LogP contribution in [0.5, 0.6) is 0 Å². The summed E-state index contributed by atoms with van der Waals surface area (Å²) < 4.78 is 28.2. The van der Waals surface area contributed by atoms with E-state index in [1.807, 2.05) is 6.92 Å². The van der Waals surface area contributed by atoms with Crippen LogP contribution in [0.4, 0.5) is 5.13 Å². The number of nitrogens with one attached hydrogen (secondary N) is 1. The molecule has 0 bridgehead atoms. The molecule has 8 nitrogen and oxygen atoms in total. The van der Waals surface area contributed by atoms with Crippen LogP contribution >= 0.6 is 34.7 Å². The molecule has 1 saturated heterocycles. The average Bonchev–Trinajstić information content (AvgIpc) is 3.19. The van der Waals surface area contributed by atoms with Gasteiger partial charge in [-0.25, -0.2) is 8.42 Å². The van der Waals surface area contributed by atoms with Crippen LogP contribution in [0.25, 0.3) is 0 Å². The lowest BCUT2D eigenvalue weighted by molar-refractivity contribution is 0.102. The molecule has 0 radical (unpaired) electrons. The summed E-state index contributed by atoms with van der Waals surface area (Å²) in [6, 6.07) is 4.17. The first kappa shape index (κ1) is 23.2. The van der Waals surface area contributed by atoms with E-state index in [0.29, 0.717) is 41.4 Å². The van der Waals surface area contributed by atoms with Gasteiger partial charge in [0.1, 0.15) is 0 Å². The van der Waals surface area contributed by atoms with Crippen molar-refractivity contribution in [2.75, 3.05) is 43.8 Å². The number of nitrogens with zero attached hydrogens (tertiary/aromatic N) is 4. The quantitative estimate of drug-likeness (QED) is 0.347. The van der Waals surface area contributed by atoms with Crippen molar-refractivity contribution in [1.29, 1.82) is 0 Å². The third-order valence-corrected chi connectivity index (χ3v) is 8.74. The van der Waals surface area contributed by atoms with E-state index in [0.717, 1.165) is 6.54 Å². The summed E-state index contributed by atoms with van der Waals surface area (Å²) in [6.07, 6.45) is 1.75. The number of aromatic nitrogens is 2. The van der Waals surface area contributed by atoms with Gasteiger partial charge in [0.15, 0.2) is 4.34 Å². The van der Waals surface area contributed by atoms with Crippen molar-refractivity contribution in [2.45, 2.75) is 16.2 Å². The molecular weight excluding hydrogens is 466 g/mol. The fourth-order valence-electron chi connectivity index (χ4n) is 2.89. The number of thioether (sulfide) groups is 1. The minimum atomic E-state index is -3.72. The lowest BCUT2D eigenvalue weighted by atomic mass is 10.2. The van der Waals surface area contributed by atoms with Gasteiger partial charge in [0.2, 0.25) is 15.2 Å². The molecule has 2 heterocycles. The van der Waals surface area contributed by atoms with E-state index in [4.69, 9.17) is 11.6 Å². The third kappa shape index (κ3) is 5.40. The fraction of sp³-hybridized carbons (Fsp3) is 0.389. The van der Waals surface area contributed by atoms with Crippen LogP contribution in [0.2, 0.25) is 5.02 Å². The second-order valence-electron chi connectivity index (χ2n) is 6.41. The Balaban J connectivity index is 1.76. The third-order valence-electron chi connectivity index (χ3n) is 4.55. The van der Waals surface area contributed by atoms with Gasteiger partial charge in [-0.3, -0.25) is 10.1 Å². The summed E-state index contributed by atoms with van der Waals surface area (Å²) >= 11 is 8.86. The second-order valence-corrected chi connectivity index (χ2v) is 11.0. The molecular formula is C18H22ClN5O3S3. The van der Waals surface area contributed by atoms with Gasteiger partial charge < -0.3 is 4.90 Å². The van der Waals surface area contributed by atoms with Crippen molar-refractivity contribution in [3.8, 4) is 0 Å². The van der Waals surface area contributed by atoms with E-state index in [9.17, 15) is 13.2 Å². The first-order chi connectivity index (χ1) is 14.3. The summed E-state index contributed by atoms with van der Waals surface area (Å²) in [4.78, 5) is 14.9. The number of carbonyl (C=O) groups excluding carboxylic acids is 1. The maximum Gasteiger partial charge on any atom is 0.259 e. The van der Waals surface area contributed by atoms with Crippen LogP contribution < -0.4 is 5.32 Å². The van der Waals surface area contributed by atoms with Gasteiger partial charge in [-0.2, -0.15) is 4.31 Å². The van der Waals surface area contributed by atoms with Crippen LogP contribution in [-0.2, 0) is 10.0 Å². The maximum absolute atomic E-state index is 13.0. The SMILES string of the molecule is C=CCSc1nnc(NC(=O)c2cc(S(=O)(=O)N3CCN(CC)CC3)ccc2Cl)s1. The standard InChI is InChI=1S/C18H22ClN5O3S3/c1-3-11-28-18-22-21-17(29-18)20-16(25)14-12-13(5-6-15(14)19)30(26,27)24-9-7-23(4-2)8-10-24/h3,5-6,12H,1,4,7-11H2,2H3,(H,20,21,25). The molecule has 0 unspecified atom stereocenters. The molecule has 1 aliphatic heterocycles. The van der Waals surface area contributed by atoms with Crippen molar-refractivity contribution >= 4 is 55.8 Å². The largest absolute Gasteiger partial charge is 0.301 e. The van der Waals surface area contributed by atoms with Gasteiger partial charge in [0.05, 0.1) is 15.5 Å². The lowest BCUT2D eigenvalue weighted by Crippen LogP contribution is -2.48. The Labute approximate surface area is 189 Å². The number of benzene rings is 1. The van der Waals surface area contributed by atoms with Crippen LogP contribution in [-0.4, -0.2) is 72.2 Å². The van der Waals surface area contributed by atoms with Crippen LogP contribution in [0.1, 0.15) is 17.3 Å². The highest BCUT2D eigenvalue weighted by Crippen LogP contribution is 2.28. The number of rotatable bonds is 8. The number of amides is 1. The number of hydrogen-bond acceptors (Lipinski definition) is 8. The number of carbonyl (C=O) groups is 1. The number of anilines is 1. The van der Waals surface area contributed by atoms with Gasteiger partial charge in [0, 0.05) is 31.9 Å². The Morgan fingerprint density at radius 1 is 1.33 bits per heavy atom. The molecule has 0 saturated carbocycles. The van der Waals surface area contributed by atoms with E-state index in [2.05, 4.69) is 27.0 Å². The van der Waals surface area contributed by atoms with E-state index in [1.54, 1.807) is 6.08 Å². The minimum Gasteiger partial charge on any atom is -0.301 e. The zero-order valence-electron chi connectivity index (χ0n) is 16.4. The van der Waals surface area contributed by atoms with Crippen molar-refractivity contribution < 1.29 is 13.2 Å². The molecule has 0 aliphatic carbocycles. The number of halogens is 1. The van der Waals surface area contributed by atoms with Gasteiger partial charge in [-0.05, 0) is 24.7 Å². The van der Waals surface area contributed by atoms with Crippen molar-refractivity contribution in [2.24, 2.45) is 0 Å². The number of piperazine rings is 1. The molecule has 2 aromatic rings. The average molecular weight is 488 g/mol. The summed E-state index contributed by atoms with van der Waals surface area (Å²) in [5, 5.41) is 11.0. The second kappa shape index (κ2) is 10.2. The minimum absolute atomic E-state index is 0.0430. The zero-order valence-corrected chi connectivity index (χ0v) is 19.6. The molecule has 0 spiro atoms. The summed E-state index contributed by atoms with van der Waals surface area (Å²) in [7, 11) is -3.72. The molecule has 30 heavy (non-hydrogen) atoms. The maximum atomic E-state index is 13.0. The first-order valence-corrected chi connectivity index (χ1v) is 12.9. The monoisotopic (exact) mass is 487 g/mol. The highest BCUT2D eigenvalue weighted by Gasteiger charge is 2.29. The highest BCUT2D eigenvalue weighted by atomic mass is 35.5. The molecule has 1 aromatic heterocycles. The van der Waals surface area contributed by atoms with E-state index >= 15 is 0 Å². The predicted octanol–water partition coefficient (Wildman–Crippen LogP) is 3.05. The Hall–Kier alpha value is -1.50. The van der Waals surface area contributed by atoms with E-state index in [-0.39, 0.29) is 15.5 Å². The number of sulfonamides is 1. The molecule has 162 valence electrons. The van der Waals surface area contributed by atoms with Crippen molar-refractivity contribution in [3.05, 3.63) is 41.4 Å². The summed E-state index contributed by atoms with van der Waals surface area (Å²) in [5.41, 5.74) is 0.0698. The van der Waals surface area contributed by atoms with Gasteiger partial charge in [0.25, 0.3) is 5.91 Å². The summed E-state index contributed by atoms with van der Waals surface area (Å²) in [6.45, 7) is 8.77. The van der Waals surface area contributed by atoms with Crippen molar-refractivity contribution in [1.82, 2.24) is 19.4 Å². The smallest absolute Gasteiger partial charge is 0.259 e. The Morgan fingerprint density at radius 3 is 2.73 bits per heavy atom. The first-order valence-electron chi connectivity index (χ1n) is 9.25. The Morgan fingerprint density at radius 2 is 2.07 bits per heavy atom. The number of likely N-dealkylation sites (N-methyl/N-ethyl adjacent to an activating group) is 1. The van der Waals surface area contributed by atoms with Gasteiger partial charge in [-0.15, -0.1) is 16.8 Å². The molecule has 1 aromatic carbocycles. The molecule has 3 rings (SSSR count). The van der Waals surface area contributed by atoms with Gasteiger partial charge >= 0.3 is 0 Å². The normalized spacial score (nSPS) is 15.8. The predicted molar refractivity (Wildman–Crippen MR) is 121 cm³/mol. The van der Waals surface area contributed by atoms with Crippen LogP contribution in [0.3, 0.4) is 0 Å². The summed E-state index contributed by atoms with van der Waals surface area (Å²) in [5.74, 6) is 0.144. The zero-order chi connectivity index (χ0) is 21.7. The van der Waals surface area contributed by atoms with E-state index in [1.165, 1.54) is 45.6 Å².